The molecule has 0 aliphatic heterocycles. The first-order valence-electron chi connectivity index (χ1n) is 17.4. The van der Waals surface area contributed by atoms with Crippen LogP contribution in [0.2, 0.25) is 0 Å². The van der Waals surface area contributed by atoms with Gasteiger partial charge in [0.25, 0.3) is 0 Å². The van der Waals surface area contributed by atoms with Gasteiger partial charge in [0.1, 0.15) is 36.0 Å². The van der Waals surface area contributed by atoms with E-state index in [1.54, 1.807) is 12.5 Å². The van der Waals surface area contributed by atoms with Gasteiger partial charge < -0.3 is 25.3 Å². The van der Waals surface area contributed by atoms with Crippen molar-refractivity contribution < 1.29 is 24.5 Å². The molecule has 0 aromatic carbocycles. The smallest absolute Gasteiger partial charge is 0.328 e. The number of nitrogen functional groups attached to an aromatic ring is 1. The van der Waals surface area contributed by atoms with Gasteiger partial charge in [-0.3, -0.25) is 14.6 Å². The number of imidazole rings is 1. The van der Waals surface area contributed by atoms with Gasteiger partial charge in [0.2, 0.25) is 0 Å². The number of anilines is 1. The Kier molecular flexibility index (Phi) is 7.50. The molecule has 14 nitrogen and oxygen atoms in total. The molecule has 1 spiro atoms. The number of rotatable bonds is 8. The lowest BCUT2D eigenvalue weighted by atomic mass is 9.38. The van der Waals surface area contributed by atoms with E-state index in [1.165, 1.54) is 11.0 Å². The lowest BCUT2D eigenvalue weighted by molar-refractivity contribution is -0.255. The Morgan fingerprint density at radius 2 is 2.02 bits per heavy atom. The maximum Gasteiger partial charge on any atom is 0.328 e. The number of carbonyl (C=O) groups excluding carboxylic acids is 2. The standard InChI is InChI=1S/C36H43N9O5/c1-5-34(3)12-22-23-8-10-36(19(2)30(34)49)11-9-25(47)29(36)35(23,4)31(22)50-26(48)15-45-24(16-46)27(42-43-45)20-6-7-21(38-13-20)14-44-18-41-28-32(37)39-17-40-33(28)44/h5-7,13,17-19,22-23,29-31,46,49H,1,8-12,14-16H2,2-4H3,(H2,37,39,40)/t19-,22?,23?,29-,30-,31+,34+,35+,36-/m0/s1. The minimum Gasteiger partial charge on any atom is -0.460 e. The van der Waals surface area contributed by atoms with Crippen molar-refractivity contribution >= 4 is 28.7 Å². The molecule has 5 aliphatic carbocycles. The number of esters is 1. The van der Waals surface area contributed by atoms with E-state index in [0.29, 0.717) is 53.3 Å². The van der Waals surface area contributed by atoms with Crippen molar-refractivity contribution in [2.45, 2.75) is 84.8 Å². The summed E-state index contributed by atoms with van der Waals surface area (Å²) >= 11 is 0. The molecule has 5 saturated carbocycles. The summed E-state index contributed by atoms with van der Waals surface area (Å²) in [6, 6.07) is 3.67. The zero-order valence-corrected chi connectivity index (χ0v) is 28.6. The summed E-state index contributed by atoms with van der Waals surface area (Å²) in [5.74, 6) is -0.168. The number of fused-ring (bicyclic) bond motifs is 5. The topological polar surface area (TPSA) is 197 Å². The van der Waals surface area contributed by atoms with E-state index in [4.69, 9.17) is 10.5 Å². The predicted octanol–water partition coefficient (Wildman–Crippen LogP) is 3.12. The fraction of sp³-hybridized carbons (Fsp3) is 0.556. The molecule has 4 N–H and O–H groups in total. The Bertz CT molecular complexity index is 2010. The molecule has 0 amide bonds. The number of ether oxygens (including phenoxy) is 1. The fourth-order valence-electron chi connectivity index (χ4n) is 10.6. The number of carbonyl (C=O) groups is 2. The Labute approximate surface area is 289 Å². The Morgan fingerprint density at radius 1 is 1.20 bits per heavy atom. The molecule has 262 valence electrons. The number of Topliss-reactive ketones (excluding diaryl/α,β-unsaturated/α-hetero) is 1. The van der Waals surface area contributed by atoms with Crippen LogP contribution in [0.15, 0.2) is 43.6 Å². The number of hydrogen-bond acceptors (Lipinski definition) is 12. The van der Waals surface area contributed by atoms with Crippen molar-refractivity contribution in [1.29, 1.82) is 0 Å². The molecule has 50 heavy (non-hydrogen) atoms. The van der Waals surface area contributed by atoms with Gasteiger partial charge in [-0.25, -0.2) is 19.6 Å². The van der Waals surface area contributed by atoms with Crippen molar-refractivity contribution in [1.82, 2.24) is 39.5 Å². The monoisotopic (exact) mass is 681 g/mol. The molecule has 9 rings (SSSR count). The molecule has 0 radical (unpaired) electrons. The second-order valence-corrected chi connectivity index (χ2v) is 15.4. The van der Waals surface area contributed by atoms with Gasteiger partial charge in [-0.2, -0.15) is 0 Å². The zero-order chi connectivity index (χ0) is 35.2. The van der Waals surface area contributed by atoms with Crippen LogP contribution in [0, 0.1) is 39.9 Å². The highest BCUT2D eigenvalue weighted by molar-refractivity contribution is 5.86. The molecular weight excluding hydrogens is 638 g/mol. The van der Waals surface area contributed by atoms with Crippen LogP contribution in [0.25, 0.3) is 22.4 Å². The maximum atomic E-state index is 13.8. The Hall–Kier alpha value is -4.56. The molecule has 14 heteroatoms. The third-order valence-corrected chi connectivity index (χ3v) is 13.2. The SMILES string of the molecule is C=C[C@]1(C)CC2C3CC[C@]4(CCC(=O)[C@H]4[C@]3(C)[C@@H]2OC(=O)Cn2nnc(-c3ccc(Cn4cnc5c(N)ncnc54)nc3)c2CO)[C@@H](C)[C@@H]1O. The molecule has 4 aromatic rings. The average molecular weight is 682 g/mol. The number of pyridine rings is 1. The van der Waals surface area contributed by atoms with Crippen LogP contribution in [-0.4, -0.2) is 73.7 Å². The van der Waals surface area contributed by atoms with E-state index in [0.717, 1.165) is 25.0 Å². The third-order valence-electron chi connectivity index (χ3n) is 13.2. The normalized spacial score (nSPS) is 34.5. The van der Waals surface area contributed by atoms with Gasteiger partial charge in [-0.1, -0.05) is 32.1 Å². The molecule has 4 aromatic heterocycles. The maximum absolute atomic E-state index is 13.8. The lowest BCUT2D eigenvalue weighted by Gasteiger charge is -2.67. The second kappa shape index (κ2) is 11.5. The van der Waals surface area contributed by atoms with E-state index >= 15 is 0 Å². The first kappa shape index (κ1) is 32.6. The van der Waals surface area contributed by atoms with Crippen LogP contribution in [-0.2, 0) is 34.0 Å². The van der Waals surface area contributed by atoms with E-state index in [9.17, 15) is 19.8 Å². The molecule has 2 unspecified atom stereocenters. The number of hydrogen-bond donors (Lipinski definition) is 3. The van der Waals surface area contributed by atoms with Crippen molar-refractivity contribution in [2.75, 3.05) is 5.73 Å². The van der Waals surface area contributed by atoms with Crippen LogP contribution >= 0.6 is 0 Å². The summed E-state index contributed by atoms with van der Waals surface area (Å²) in [5.41, 5.74) is 7.72. The lowest BCUT2D eigenvalue weighted by Crippen LogP contribution is -2.69. The molecule has 5 fully saturated rings. The van der Waals surface area contributed by atoms with Gasteiger partial charge in [0, 0.05) is 40.8 Å². The van der Waals surface area contributed by atoms with Crippen LogP contribution in [0.5, 0.6) is 0 Å². The van der Waals surface area contributed by atoms with Crippen molar-refractivity contribution in [2.24, 2.45) is 39.9 Å². The van der Waals surface area contributed by atoms with Crippen LogP contribution in [0.1, 0.15) is 64.3 Å². The predicted molar refractivity (Wildman–Crippen MR) is 180 cm³/mol. The minimum atomic E-state index is -0.657. The van der Waals surface area contributed by atoms with E-state index in [2.05, 4.69) is 50.7 Å². The summed E-state index contributed by atoms with van der Waals surface area (Å²) in [6.45, 7) is 10.1. The summed E-state index contributed by atoms with van der Waals surface area (Å²) in [6.07, 6.45) is 9.08. The van der Waals surface area contributed by atoms with Gasteiger partial charge in [-0.15, -0.1) is 11.7 Å². The summed E-state index contributed by atoms with van der Waals surface area (Å²) in [4.78, 5) is 44.6. The second-order valence-electron chi connectivity index (χ2n) is 15.4. The van der Waals surface area contributed by atoms with E-state index in [1.807, 2.05) is 29.7 Å². The Balaban J connectivity index is 1.03. The molecule has 4 heterocycles. The first-order valence-corrected chi connectivity index (χ1v) is 17.4. The largest absolute Gasteiger partial charge is 0.460 e. The number of aliphatic hydroxyl groups excluding tert-OH is 2. The fourth-order valence-corrected chi connectivity index (χ4v) is 10.6. The number of nitrogens with two attached hydrogens (primary N) is 1. The molecular formula is C36H43N9O5. The highest BCUT2D eigenvalue weighted by atomic mass is 16.5. The van der Waals surface area contributed by atoms with Gasteiger partial charge >= 0.3 is 5.97 Å². The molecule has 4 bridgehead atoms. The third kappa shape index (κ3) is 4.53. The van der Waals surface area contributed by atoms with Crippen molar-refractivity contribution in [3.05, 3.63) is 55.0 Å². The average Bonchev–Trinajstić information content (AvgIpc) is 3.82. The van der Waals surface area contributed by atoms with Crippen molar-refractivity contribution in [3.8, 4) is 11.3 Å². The van der Waals surface area contributed by atoms with Crippen LogP contribution in [0.3, 0.4) is 0 Å². The summed E-state index contributed by atoms with van der Waals surface area (Å²) < 4.78 is 9.56. The van der Waals surface area contributed by atoms with Crippen LogP contribution < -0.4 is 5.73 Å². The summed E-state index contributed by atoms with van der Waals surface area (Å²) in [5, 5.41) is 30.7. The Morgan fingerprint density at radius 3 is 2.76 bits per heavy atom. The number of nitrogens with zero attached hydrogens (tertiary/aromatic N) is 8. The van der Waals surface area contributed by atoms with Gasteiger partial charge in [-0.05, 0) is 55.1 Å². The van der Waals surface area contributed by atoms with Crippen molar-refractivity contribution in [3.63, 3.8) is 0 Å². The molecule has 5 aliphatic rings. The van der Waals surface area contributed by atoms with Gasteiger partial charge in [0.05, 0.1) is 37.0 Å². The molecule has 9 atom stereocenters. The first-order chi connectivity index (χ1) is 23.9. The highest BCUT2D eigenvalue weighted by Gasteiger charge is 2.75. The van der Waals surface area contributed by atoms with Crippen LogP contribution in [0.4, 0.5) is 5.82 Å². The van der Waals surface area contributed by atoms with E-state index in [-0.39, 0.29) is 41.4 Å². The number of aliphatic hydroxyl groups is 2. The van der Waals surface area contributed by atoms with E-state index < -0.39 is 35.6 Å². The quantitative estimate of drug-likeness (QED) is 0.182. The molecule has 0 saturated heterocycles. The number of aromatic nitrogens is 8. The summed E-state index contributed by atoms with van der Waals surface area (Å²) in [7, 11) is 0. The number of ketones is 1. The van der Waals surface area contributed by atoms with Gasteiger partial charge in [0.15, 0.2) is 11.5 Å². The highest BCUT2D eigenvalue weighted by Crippen LogP contribution is 2.74. The minimum absolute atomic E-state index is 0.0170. The zero-order valence-electron chi connectivity index (χ0n) is 28.6.